The van der Waals surface area contributed by atoms with Gasteiger partial charge in [0.15, 0.2) is 0 Å². The minimum atomic E-state index is -0.904. The summed E-state index contributed by atoms with van der Waals surface area (Å²) in [4.78, 5) is 35.1. The average Bonchev–Trinajstić information content (AvgIpc) is 3.08. The summed E-state index contributed by atoms with van der Waals surface area (Å²) >= 11 is 7.48. The second-order valence-electron chi connectivity index (χ2n) is 5.77. The molecule has 0 fully saturated rings. The van der Waals surface area contributed by atoms with E-state index in [0.717, 1.165) is 6.07 Å². The van der Waals surface area contributed by atoms with Crippen molar-refractivity contribution in [3.8, 4) is 0 Å². The number of carbonyl (C=O) groups is 2. The Morgan fingerprint density at radius 1 is 1.43 bits per heavy atom. The SMILES string of the molecule is CSCCC(NC(=O)c1ccc([N+](=O)[O-])cc1Cl)C(=O)OCc1cc(C)on1. The molecule has 2 aromatic rings. The molecule has 2 rings (SSSR count). The maximum Gasteiger partial charge on any atom is 0.329 e. The minimum absolute atomic E-state index is 0.0290. The standard InChI is InChI=1S/C17H18ClN3O6S/c1-10-7-11(20-27-10)9-26-17(23)15(5-6-28-2)19-16(22)13-4-3-12(21(24)25)8-14(13)18/h3-4,7-8,15H,5-6,9H2,1-2H3,(H,19,22). The Labute approximate surface area is 169 Å². The van der Waals surface area contributed by atoms with E-state index in [4.69, 9.17) is 20.9 Å². The van der Waals surface area contributed by atoms with E-state index in [0.29, 0.717) is 23.6 Å². The Morgan fingerprint density at radius 2 is 2.18 bits per heavy atom. The van der Waals surface area contributed by atoms with Crippen molar-refractivity contribution < 1.29 is 23.8 Å². The summed E-state index contributed by atoms with van der Waals surface area (Å²) in [6.45, 7) is 1.63. The molecule has 11 heteroatoms. The van der Waals surface area contributed by atoms with E-state index in [2.05, 4.69) is 10.5 Å². The van der Waals surface area contributed by atoms with Crippen LogP contribution in [0.5, 0.6) is 0 Å². The number of ether oxygens (including phenoxy) is 1. The molecular weight excluding hydrogens is 410 g/mol. The number of nitro groups is 1. The lowest BCUT2D eigenvalue weighted by molar-refractivity contribution is -0.384. The number of thioether (sulfide) groups is 1. The number of hydrogen-bond donors (Lipinski definition) is 1. The van der Waals surface area contributed by atoms with Crippen LogP contribution in [0.2, 0.25) is 5.02 Å². The van der Waals surface area contributed by atoms with Crippen LogP contribution in [0.1, 0.15) is 28.2 Å². The first kappa shape index (κ1) is 21.7. The molecule has 1 aromatic carbocycles. The number of amides is 1. The van der Waals surface area contributed by atoms with Gasteiger partial charge in [0.25, 0.3) is 11.6 Å². The first-order valence-electron chi connectivity index (χ1n) is 8.14. The molecule has 0 spiro atoms. The molecule has 28 heavy (non-hydrogen) atoms. The molecule has 0 aliphatic rings. The minimum Gasteiger partial charge on any atom is -0.458 e. The molecule has 0 aliphatic heterocycles. The Bertz CT molecular complexity index is 872. The van der Waals surface area contributed by atoms with Gasteiger partial charge in [-0.05, 0) is 31.4 Å². The van der Waals surface area contributed by atoms with E-state index in [1.165, 1.54) is 23.9 Å². The highest BCUT2D eigenvalue weighted by molar-refractivity contribution is 7.98. The van der Waals surface area contributed by atoms with Crippen molar-refractivity contribution in [3.63, 3.8) is 0 Å². The molecule has 9 nitrogen and oxygen atoms in total. The van der Waals surface area contributed by atoms with Crippen molar-refractivity contribution in [2.45, 2.75) is 26.0 Å². The van der Waals surface area contributed by atoms with Crippen molar-refractivity contribution in [2.24, 2.45) is 0 Å². The van der Waals surface area contributed by atoms with Gasteiger partial charge in [0.05, 0.1) is 15.5 Å². The van der Waals surface area contributed by atoms with Crippen LogP contribution < -0.4 is 5.32 Å². The lowest BCUT2D eigenvalue weighted by Crippen LogP contribution is -2.42. The summed E-state index contributed by atoms with van der Waals surface area (Å²) in [6, 6.07) is 4.23. The van der Waals surface area contributed by atoms with Gasteiger partial charge in [-0.3, -0.25) is 14.9 Å². The van der Waals surface area contributed by atoms with Gasteiger partial charge >= 0.3 is 5.97 Å². The van der Waals surface area contributed by atoms with E-state index in [-0.39, 0.29) is 22.9 Å². The van der Waals surface area contributed by atoms with Crippen LogP contribution >= 0.6 is 23.4 Å². The molecule has 1 aromatic heterocycles. The number of benzene rings is 1. The van der Waals surface area contributed by atoms with E-state index in [1.807, 2.05) is 6.26 Å². The van der Waals surface area contributed by atoms with Crippen molar-refractivity contribution in [1.82, 2.24) is 10.5 Å². The number of aromatic nitrogens is 1. The van der Waals surface area contributed by atoms with Crippen LogP contribution in [0.25, 0.3) is 0 Å². The number of hydrogen-bond acceptors (Lipinski definition) is 8. The molecule has 1 atom stereocenters. The van der Waals surface area contributed by atoms with Gasteiger partial charge in [0, 0.05) is 18.2 Å². The zero-order chi connectivity index (χ0) is 20.7. The third kappa shape index (κ3) is 5.96. The molecule has 1 amide bonds. The van der Waals surface area contributed by atoms with E-state index < -0.39 is 22.8 Å². The Hall–Kier alpha value is -2.59. The quantitative estimate of drug-likeness (QED) is 0.367. The number of carbonyl (C=O) groups excluding carboxylic acids is 2. The molecule has 0 bridgehead atoms. The molecule has 1 N–H and O–H groups in total. The number of non-ortho nitro benzene ring substituents is 1. The highest BCUT2D eigenvalue weighted by Gasteiger charge is 2.24. The maximum absolute atomic E-state index is 12.5. The van der Waals surface area contributed by atoms with E-state index in [9.17, 15) is 19.7 Å². The fourth-order valence-corrected chi connectivity index (χ4v) is 2.99. The summed E-state index contributed by atoms with van der Waals surface area (Å²) in [5, 5.41) is 17.0. The Kier molecular flexibility index (Phi) is 7.82. The highest BCUT2D eigenvalue weighted by atomic mass is 35.5. The highest BCUT2D eigenvalue weighted by Crippen LogP contribution is 2.22. The molecule has 0 aliphatic carbocycles. The smallest absolute Gasteiger partial charge is 0.329 e. The molecule has 150 valence electrons. The fraction of sp³-hybridized carbons (Fsp3) is 0.353. The Balaban J connectivity index is 2.06. The zero-order valence-corrected chi connectivity index (χ0v) is 16.7. The predicted octanol–water partition coefficient (Wildman–Crippen LogP) is 3.14. The number of nitrogens with one attached hydrogen (secondary N) is 1. The molecule has 0 saturated carbocycles. The zero-order valence-electron chi connectivity index (χ0n) is 15.1. The summed E-state index contributed by atoms with van der Waals surface area (Å²) < 4.78 is 10.1. The molecular formula is C17H18ClN3O6S. The van der Waals surface area contributed by atoms with Crippen LogP contribution in [-0.2, 0) is 16.1 Å². The van der Waals surface area contributed by atoms with E-state index in [1.54, 1.807) is 13.0 Å². The summed E-state index contributed by atoms with van der Waals surface area (Å²) in [6.07, 6.45) is 2.21. The van der Waals surface area contributed by atoms with Gasteiger partial charge in [0.1, 0.15) is 24.1 Å². The number of halogens is 1. The van der Waals surface area contributed by atoms with Crippen LogP contribution in [0.15, 0.2) is 28.8 Å². The van der Waals surface area contributed by atoms with Crippen molar-refractivity contribution >= 4 is 40.9 Å². The van der Waals surface area contributed by atoms with Crippen molar-refractivity contribution in [3.05, 3.63) is 56.4 Å². The third-order valence-corrected chi connectivity index (χ3v) is 4.60. The molecule has 1 unspecified atom stereocenters. The maximum atomic E-state index is 12.5. The lowest BCUT2D eigenvalue weighted by atomic mass is 10.1. The average molecular weight is 428 g/mol. The van der Waals surface area contributed by atoms with Gasteiger partial charge in [-0.1, -0.05) is 16.8 Å². The second-order valence-corrected chi connectivity index (χ2v) is 7.16. The number of rotatable bonds is 9. The number of nitrogens with zero attached hydrogens (tertiary/aromatic N) is 2. The van der Waals surface area contributed by atoms with Crippen molar-refractivity contribution in [2.75, 3.05) is 12.0 Å². The topological polar surface area (TPSA) is 125 Å². The number of esters is 1. The predicted molar refractivity (Wildman–Crippen MR) is 103 cm³/mol. The molecule has 1 heterocycles. The summed E-state index contributed by atoms with van der Waals surface area (Å²) in [7, 11) is 0. The van der Waals surface area contributed by atoms with Gasteiger partial charge in [-0.15, -0.1) is 0 Å². The Morgan fingerprint density at radius 3 is 2.75 bits per heavy atom. The van der Waals surface area contributed by atoms with Crippen molar-refractivity contribution in [1.29, 1.82) is 0 Å². The normalized spacial score (nSPS) is 11.7. The van der Waals surface area contributed by atoms with Crippen LogP contribution in [0, 0.1) is 17.0 Å². The van der Waals surface area contributed by atoms with E-state index >= 15 is 0 Å². The number of aryl methyl sites for hydroxylation is 1. The number of nitro benzene ring substituents is 1. The van der Waals surface area contributed by atoms with Gasteiger partial charge in [-0.25, -0.2) is 4.79 Å². The largest absolute Gasteiger partial charge is 0.458 e. The molecule has 0 saturated heterocycles. The summed E-state index contributed by atoms with van der Waals surface area (Å²) in [5.41, 5.74) is 0.253. The second kappa shape index (κ2) is 10.1. The van der Waals surface area contributed by atoms with Gasteiger partial charge in [-0.2, -0.15) is 11.8 Å². The monoisotopic (exact) mass is 427 g/mol. The third-order valence-electron chi connectivity index (χ3n) is 3.65. The van der Waals surface area contributed by atoms with Crippen LogP contribution in [-0.4, -0.2) is 40.0 Å². The first-order valence-corrected chi connectivity index (χ1v) is 9.91. The van der Waals surface area contributed by atoms with Crippen LogP contribution in [0.3, 0.4) is 0 Å². The summed E-state index contributed by atoms with van der Waals surface area (Å²) in [5.74, 6) is -0.0516. The van der Waals surface area contributed by atoms with Gasteiger partial charge in [0.2, 0.25) is 0 Å². The van der Waals surface area contributed by atoms with Gasteiger partial charge < -0.3 is 14.6 Å². The van der Waals surface area contributed by atoms with Crippen LogP contribution in [0.4, 0.5) is 5.69 Å². The molecule has 0 radical (unpaired) electrons. The fourth-order valence-electron chi connectivity index (χ4n) is 2.25. The lowest BCUT2D eigenvalue weighted by Gasteiger charge is -2.17. The first-order chi connectivity index (χ1) is 13.3.